The van der Waals surface area contributed by atoms with Crippen LogP contribution in [0.2, 0.25) is 0 Å². The molecule has 0 aliphatic carbocycles. The minimum atomic E-state index is -0.289. The first-order valence-corrected chi connectivity index (χ1v) is 7.55. The molecule has 2 fully saturated rings. The zero-order valence-electron chi connectivity index (χ0n) is 12.5. The van der Waals surface area contributed by atoms with Crippen LogP contribution in [-0.4, -0.2) is 79.0 Å². The minimum absolute atomic E-state index is 0.0153. The maximum Gasteiger partial charge on any atom is 0.409 e. The van der Waals surface area contributed by atoms with Crippen LogP contribution in [0.15, 0.2) is 0 Å². The molecule has 2 saturated heterocycles. The number of carbonyl (C=O) groups excluding carboxylic acids is 3. The summed E-state index contributed by atoms with van der Waals surface area (Å²) in [7, 11) is 0. The highest BCUT2D eigenvalue weighted by Gasteiger charge is 2.31. The van der Waals surface area contributed by atoms with Crippen LogP contribution in [0.4, 0.5) is 4.79 Å². The molecular weight excluding hydrogens is 274 g/mol. The SMILES string of the molecule is CCOC(=O)N1CCC(C(=O)N2CCN(C=O)CC2)CC1. The number of hydrogen-bond donors (Lipinski definition) is 0. The number of piperazine rings is 1. The largest absolute Gasteiger partial charge is 0.450 e. The number of carbonyl (C=O) groups is 3. The molecule has 0 aromatic carbocycles. The van der Waals surface area contributed by atoms with Crippen LogP contribution in [0.25, 0.3) is 0 Å². The normalized spacial score (nSPS) is 20.3. The Hall–Kier alpha value is -1.79. The molecule has 7 nitrogen and oxygen atoms in total. The molecule has 0 unspecified atom stereocenters. The summed E-state index contributed by atoms with van der Waals surface area (Å²) in [6, 6.07) is 0. The average Bonchev–Trinajstić information content (AvgIpc) is 2.54. The number of amides is 3. The van der Waals surface area contributed by atoms with Crippen molar-refractivity contribution in [1.82, 2.24) is 14.7 Å². The van der Waals surface area contributed by atoms with E-state index in [-0.39, 0.29) is 17.9 Å². The molecule has 2 heterocycles. The van der Waals surface area contributed by atoms with Gasteiger partial charge >= 0.3 is 6.09 Å². The van der Waals surface area contributed by atoms with Crippen molar-refractivity contribution in [3.8, 4) is 0 Å². The van der Waals surface area contributed by atoms with E-state index in [4.69, 9.17) is 4.74 Å². The predicted octanol–water partition coefficient (Wildman–Crippen LogP) is 0.156. The van der Waals surface area contributed by atoms with Crippen LogP contribution < -0.4 is 0 Å². The van der Waals surface area contributed by atoms with E-state index in [1.807, 2.05) is 4.90 Å². The second-order valence-electron chi connectivity index (χ2n) is 5.43. The average molecular weight is 297 g/mol. The number of likely N-dealkylation sites (tertiary alicyclic amines) is 1. The van der Waals surface area contributed by atoms with Crippen molar-refractivity contribution in [3.63, 3.8) is 0 Å². The zero-order valence-corrected chi connectivity index (χ0v) is 12.5. The standard InChI is InChI=1S/C14H23N3O4/c1-2-21-14(20)17-5-3-12(4-6-17)13(19)16-9-7-15(11-18)8-10-16/h11-12H,2-10H2,1H3. The maximum atomic E-state index is 12.4. The molecular formula is C14H23N3O4. The van der Waals surface area contributed by atoms with E-state index in [2.05, 4.69) is 0 Å². The number of hydrogen-bond acceptors (Lipinski definition) is 4. The van der Waals surface area contributed by atoms with Gasteiger partial charge in [0.2, 0.25) is 12.3 Å². The molecule has 3 amide bonds. The van der Waals surface area contributed by atoms with Crippen LogP contribution in [0.3, 0.4) is 0 Å². The topological polar surface area (TPSA) is 70.2 Å². The van der Waals surface area contributed by atoms with E-state index in [1.54, 1.807) is 16.7 Å². The van der Waals surface area contributed by atoms with Gasteiger partial charge in [-0.3, -0.25) is 9.59 Å². The third-order valence-corrected chi connectivity index (χ3v) is 4.15. The van der Waals surface area contributed by atoms with E-state index >= 15 is 0 Å². The summed E-state index contributed by atoms with van der Waals surface area (Å²) in [4.78, 5) is 39.9. The molecule has 0 aromatic rings. The highest BCUT2D eigenvalue weighted by Crippen LogP contribution is 2.21. The van der Waals surface area contributed by atoms with Crippen molar-refractivity contribution in [1.29, 1.82) is 0 Å². The summed E-state index contributed by atoms with van der Waals surface area (Å²) < 4.78 is 4.97. The van der Waals surface area contributed by atoms with E-state index in [1.165, 1.54) is 0 Å². The third-order valence-electron chi connectivity index (χ3n) is 4.15. The summed E-state index contributed by atoms with van der Waals surface area (Å²) in [6.45, 7) is 5.73. The van der Waals surface area contributed by atoms with E-state index < -0.39 is 0 Å². The quantitative estimate of drug-likeness (QED) is 0.696. The first-order chi connectivity index (χ1) is 10.2. The van der Waals surface area contributed by atoms with Gasteiger partial charge in [-0.05, 0) is 19.8 Å². The number of rotatable bonds is 3. The third kappa shape index (κ3) is 3.86. The van der Waals surface area contributed by atoms with Gasteiger partial charge in [0.1, 0.15) is 0 Å². The van der Waals surface area contributed by atoms with Crippen molar-refractivity contribution in [3.05, 3.63) is 0 Å². The maximum absolute atomic E-state index is 12.4. The zero-order chi connectivity index (χ0) is 15.2. The first-order valence-electron chi connectivity index (χ1n) is 7.55. The molecule has 7 heteroatoms. The Kier molecular flexibility index (Phi) is 5.41. The molecule has 0 radical (unpaired) electrons. The monoisotopic (exact) mass is 297 g/mol. The Morgan fingerprint density at radius 2 is 1.67 bits per heavy atom. The Bertz CT molecular complexity index is 386. The Morgan fingerprint density at radius 1 is 1.05 bits per heavy atom. The summed E-state index contributed by atoms with van der Waals surface area (Å²) in [5.41, 5.74) is 0. The summed E-state index contributed by atoms with van der Waals surface area (Å²) in [6.07, 6.45) is 1.92. The molecule has 0 bridgehead atoms. The fraction of sp³-hybridized carbons (Fsp3) is 0.786. The lowest BCUT2D eigenvalue weighted by Crippen LogP contribution is -2.51. The van der Waals surface area contributed by atoms with Gasteiger partial charge in [-0.25, -0.2) is 4.79 Å². The molecule has 0 saturated carbocycles. The van der Waals surface area contributed by atoms with Crippen LogP contribution in [-0.2, 0) is 14.3 Å². The Balaban J connectivity index is 1.78. The molecule has 2 rings (SSSR count). The Morgan fingerprint density at radius 3 is 2.19 bits per heavy atom. The van der Waals surface area contributed by atoms with Crippen LogP contribution in [0, 0.1) is 5.92 Å². The second-order valence-corrected chi connectivity index (χ2v) is 5.43. The highest BCUT2D eigenvalue weighted by atomic mass is 16.6. The van der Waals surface area contributed by atoms with Gasteiger partial charge in [0.15, 0.2) is 0 Å². The first kappa shape index (κ1) is 15.6. The second kappa shape index (κ2) is 7.28. The van der Waals surface area contributed by atoms with Crippen molar-refractivity contribution >= 4 is 18.4 Å². The summed E-state index contributed by atoms with van der Waals surface area (Å²) in [5.74, 6) is 0.141. The van der Waals surface area contributed by atoms with Gasteiger partial charge in [-0.2, -0.15) is 0 Å². The van der Waals surface area contributed by atoms with Crippen molar-refractivity contribution in [2.24, 2.45) is 5.92 Å². The van der Waals surface area contributed by atoms with E-state index in [0.29, 0.717) is 58.7 Å². The molecule has 0 N–H and O–H groups in total. The van der Waals surface area contributed by atoms with Gasteiger partial charge in [-0.15, -0.1) is 0 Å². The lowest BCUT2D eigenvalue weighted by atomic mass is 9.95. The van der Waals surface area contributed by atoms with Gasteiger partial charge in [-0.1, -0.05) is 0 Å². The summed E-state index contributed by atoms with van der Waals surface area (Å²) in [5, 5.41) is 0. The van der Waals surface area contributed by atoms with E-state index in [0.717, 1.165) is 6.41 Å². The smallest absolute Gasteiger partial charge is 0.409 e. The molecule has 0 aromatic heterocycles. The van der Waals surface area contributed by atoms with Crippen LogP contribution >= 0.6 is 0 Å². The van der Waals surface area contributed by atoms with Crippen molar-refractivity contribution in [2.45, 2.75) is 19.8 Å². The van der Waals surface area contributed by atoms with Gasteiger partial charge in [0.25, 0.3) is 0 Å². The van der Waals surface area contributed by atoms with Gasteiger partial charge < -0.3 is 19.4 Å². The molecule has 21 heavy (non-hydrogen) atoms. The predicted molar refractivity (Wildman–Crippen MR) is 75.5 cm³/mol. The lowest BCUT2D eigenvalue weighted by molar-refractivity contribution is -0.140. The molecule has 118 valence electrons. The number of piperidine rings is 1. The lowest BCUT2D eigenvalue weighted by Gasteiger charge is -2.37. The number of ether oxygens (including phenoxy) is 1. The molecule has 0 atom stereocenters. The highest BCUT2D eigenvalue weighted by molar-refractivity contribution is 5.79. The minimum Gasteiger partial charge on any atom is -0.450 e. The van der Waals surface area contributed by atoms with Crippen LogP contribution in [0.1, 0.15) is 19.8 Å². The molecule has 2 aliphatic heterocycles. The molecule has 2 aliphatic rings. The molecule has 0 spiro atoms. The van der Waals surface area contributed by atoms with Crippen LogP contribution in [0.5, 0.6) is 0 Å². The Labute approximate surface area is 124 Å². The summed E-state index contributed by atoms with van der Waals surface area (Å²) >= 11 is 0. The number of nitrogens with zero attached hydrogens (tertiary/aromatic N) is 3. The fourth-order valence-electron chi connectivity index (χ4n) is 2.83. The fourth-order valence-corrected chi connectivity index (χ4v) is 2.83. The van der Waals surface area contributed by atoms with Crippen molar-refractivity contribution < 1.29 is 19.1 Å². The van der Waals surface area contributed by atoms with Gasteiger partial charge in [0, 0.05) is 45.2 Å². The van der Waals surface area contributed by atoms with E-state index in [9.17, 15) is 14.4 Å². The van der Waals surface area contributed by atoms with Crippen molar-refractivity contribution in [2.75, 3.05) is 45.9 Å². The van der Waals surface area contributed by atoms with Gasteiger partial charge in [0.05, 0.1) is 6.61 Å².